The standard InChI is InChI=1S/C19H18O8/c1-23-12-7-9(5-6-11(12)20)14-15(21)10-8-13(24-2)16(22)18(25-3)17(10)27-19(14)26-4/h5-8,20,22H,1-4H3. The van der Waals surface area contributed by atoms with Crippen molar-refractivity contribution in [3.8, 4) is 45.8 Å². The van der Waals surface area contributed by atoms with E-state index in [0.29, 0.717) is 5.56 Å². The Morgan fingerprint density at radius 3 is 2.19 bits per heavy atom. The van der Waals surface area contributed by atoms with Crippen LogP contribution in [-0.2, 0) is 0 Å². The quantitative estimate of drug-likeness (QED) is 0.702. The molecule has 0 radical (unpaired) electrons. The monoisotopic (exact) mass is 374 g/mol. The second-order valence-electron chi connectivity index (χ2n) is 5.52. The predicted molar refractivity (Wildman–Crippen MR) is 97.5 cm³/mol. The third-order valence-corrected chi connectivity index (χ3v) is 4.12. The lowest BCUT2D eigenvalue weighted by Gasteiger charge is -2.14. The van der Waals surface area contributed by atoms with Gasteiger partial charge in [0.05, 0.1) is 33.8 Å². The molecule has 1 aromatic heterocycles. The Morgan fingerprint density at radius 2 is 1.59 bits per heavy atom. The minimum atomic E-state index is -0.433. The molecule has 0 saturated heterocycles. The number of aromatic hydroxyl groups is 2. The van der Waals surface area contributed by atoms with Crippen LogP contribution in [0.15, 0.2) is 33.5 Å². The molecule has 2 aromatic carbocycles. The Balaban J connectivity index is 2.42. The molecule has 0 aliphatic carbocycles. The fourth-order valence-electron chi connectivity index (χ4n) is 2.82. The topological polar surface area (TPSA) is 108 Å². The van der Waals surface area contributed by atoms with Gasteiger partial charge in [0.2, 0.25) is 16.9 Å². The van der Waals surface area contributed by atoms with Crippen LogP contribution in [-0.4, -0.2) is 38.7 Å². The number of phenolic OH excluding ortho intramolecular Hbond substituents is 2. The van der Waals surface area contributed by atoms with Crippen molar-refractivity contribution in [2.45, 2.75) is 0 Å². The first-order valence-corrected chi connectivity index (χ1v) is 7.82. The van der Waals surface area contributed by atoms with Crippen LogP contribution in [0.2, 0.25) is 0 Å². The molecule has 0 unspecified atom stereocenters. The summed E-state index contributed by atoms with van der Waals surface area (Å²) in [4.78, 5) is 13.2. The molecule has 1 heterocycles. The van der Waals surface area contributed by atoms with Crippen LogP contribution in [0, 0.1) is 0 Å². The fraction of sp³-hybridized carbons (Fsp3) is 0.211. The number of hydrogen-bond donors (Lipinski definition) is 2. The number of phenols is 2. The summed E-state index contributed by atoms with van der Waals surface area (Å²) in [5, 5.41) is 20.2. The van der Waals surface area contributed by atoms with Gasteiger partial charge in [-0.3, -0.25) is 4.79 Å². The van der Waals surface area contributed by atoms with Crippen molar-refractivity contribution in [1.29, 1.82) is 0 Å². The summed E-state index contributed by atoms with van der Waals surface area (Å²) >= 11 is 0. The lowest BCUT2D eigenvalue weighted by Crippen LogP contribution is -2.09. The van der Waals surface area contributed by atoms with E-state index in [-0.39, 0.29) is 51.2 Å². The van der Waals surface area contributed by atoms with E-state index in [0.717, 1.165) is 0 Å². The number of benzene rings is 2. The molecule has 0 amide bonds. The minimum Gasteiger partial charge on any atom is -0.504 e. The van der Waals surface area contributed by atoms with Gasteiger partial charge in [0, 0.05) is 0 Å². The average molecular weight is 374 g/mol. The lowest BCUT2D eigenvalue weighted by molar-refractivity contribution is 0.302. The van der Waals surface area contributed by atoms with Gasteiger partial charge in [-0.25, -0.2) is 0 Å². The average Bonchev–Trinajstić information content (AvgIpc) is 2.68. The summed E-state index contributed by atoms with van der Waals surface area (Å²) in [5.41, 5.74) is 0.130. The van der Waals surface area contributed by atoms with Gasteiger partial charge in [0.1, 0.15) is 5.56 Å². The number of rotatable bonds is 5. The van der Waals surface area contributed by atoms with E-state index in [1.54, 1.807) is 0 Å². The Hall–Kier alpha value is -3.55. The molecule has 8 nitrogen and oxygen atoms in total. The molecule has 0 fully saturated rings. The van der Waals surface area contributed by atoms with Crippen LogP contribution >= 0.6 is 0 Å². The summed E-state index contributed by atoms with van der Waals surface area (Å²) in [6.07, 6.45) is 0. The molecule has 142 valence electrons. The fourth-order valence-corrected chi connectivity index (χ4v) is 2.82. The first-order chi connectivity index (χ1) is 13.0. The molecule has 0 spiro atoms. The maximum absolute atomic E-state index is 13.2. The number of ether oxygens (including phenoxy) is 4. The van der Waals surface area contributed by atoms with Crippen molar-refractivity contribution in [2.75, 3.05) is 28.4 Å². The molecule has 0 aliphatic rings. The van der Waals surface area contributed by atoms with E-state index in [1.165, 1.54) is 52.7 Å². The van der Waals surface area contributed by atoms with E-state index in [1.807, 2.05) is 0 Å². The normalized spacial score (nSPS) is 10.7. The van der Waals surface area contributed by atoms with E-state index in [4.69, 9.17) is 23.4 Å². The van der Waals surface area contributed by atoms with Gasteiger partial charge in [0.25, 0.3) is 5.95 Å². The molecule has 0 bridgehead atoms. The van der Waals surface area contributed by atoms with Crippen LogP contribution in [0.5, 0.6) is 34.7 Å². The summed E-state index contributed by atoms with van der Waals surface area (Å²) in [6, 6.07) is 5.78. The van der Waals surface area contributed by atoms with E-state index in [9.17, 15) is 15.0 Å². The zero-order valence-corrected chi connectivity index (χ0v) is 15.2. The number of hydrogen-bond acceptors (Lipinski definition) is 8. The molecular formula is C19H18O8. The van der Waals surface area contributed by atoms with Gasteiger partial charge < -0.3 is 33.6 Å². The molecule has 27 heavy (non-hydrogen) atoms. The Kier molecular flexibility index (Phi) is 4.72. The highest BCUT2D eigenvalue weighted by Gasteiger charge is 2.24. The number of fused-ring (bicyclic) bond motifs is 1. The highest BCUT2D eigenvalue weighted by Crippen LogP contribution is 2.44. The van der Waals surface area contributed by atoms with Gasteiger partial charge in [-0.2, -0.15) is 0 Å². The van der Waals surface area contributed by atoms with E-state index < -0.39 is 5.43 Å². The van der Waals surface area contributed by atoms with Gasteiger partial charge >= 0.3 is 0 Å². The van der Waals surface area contributed by atoms with Crippen molar-refractivity contribution in [2.24, 2.45) is 0 Å². The molecule has 0 atom stereocenters. The van der Waals surface area contributed by atoms with Crippen LogP contribution in [0.3, 0.4) is 0 Å². The second-order valence-corrected chi connectivity index (χ2v) is 5.52. The van der Waals surface area contributed by atoms with Crippen molar-refractivity contribution in [1.82, 2.24) is 0 Å². The van der Waals surface area contributed by atoms with E-state index >= 15 is 0 Å². The number of methoxy groups -OCH3 is 4. The van der Waals surface area contributed by atoms with Gasteiger partial charge in [0.15, 0.2) is 22.8 Å². The zero-order valence-electron chi connectivity index (χ0n) is 15.2. The predicted octanol–water partition coefficient (Wildman–Crippen LogP) is 2.91. The molecular weight excluding hydrogens is 356 g/mol. The van der Waals surface area contributed by atoms with Crippen LogP contribution in [0.1, 0.15) is 0 Å². The molecule has 3 aromatic rings. The highest BCUT2D eigenvalue weighted by atomic mass is 16.6. The first kappa shape index (κ1) is 18.2. The van der Waals surface area contributed by atoms with Crippen molar-refractivity contribution in [3.05, 3.63) is 34.5 Å². The molecule has 2 N–H and O–H groups in total. The van der Waals surface area contributed by atoms with Crippen LogP contribution < -0.4 is 24.4 Å². The first-order valence-electron chi connectivity index (χ1n) is 7.82. The Labute approximate surface area is 154 Å². The molecule has 0 saturated carbocycles. The van der Waals surface area contributed by atoms with Gasteiger partial charge in [-0.05, 0) is 23.8 Å². The Bertz CT molecular complexity index is 1070. The smallest absolute Gasteiger partial charge is 0.296 e. The van der Waals surface area contributed by atoms with Crippen molar-refractivity contribution >= 4 is 11.0 Å². The summed E-state index contributed by atoms with van der Waals surface area (Å²) < 4.78 is 26.4. The van der Waals surface area contributed by atoms with Crippen LogP contribution in [0.4, 0.5) is 0 Å². The van der Waals surface area contributed by atoms with E-state index in [2.05, 4.69) is 0 Å². The van der Waals surface area contributed by atoms with Gasteiger partial charge in [-0.1, -0.05) is 6.07 Å². The maximum atomic E-state index is 13.2. The molecule has 0 aliphatic heterocycles. The zero-order chi connectivity index (χ0) is 19.7. The van der Waals surface area contributed by atoms with Crippen molar-refractivity contribution < 1.29 is 33.6 Å². The summed E-state index contributed by atoms with van der Waals surface area (Å²) in [6.45, 7) is 0. The SMILES string of the molecule is COc1cc(-c2c(OC)oc3c(OC)c(O)c(OC)cc3c2=O)ccc1O. The highest BCUT2D eigenvalue weighted by molar-refractivity contribution is 5.91. The Morgan fingerprint density at radius 1 is 0.889 bits per heavy atom. The van der Waals surface area contributed by atoms with Gasteiger partial charge in [-0.15, -0.1) is 0 Å². The minimum absolute atomic E-state index is 0.0205. The third-order valence-electron chi connectivity index (χ3n) is 4.12. The van der Waals surface area contributed by atoms with Crippen molar-refractivity contribution in [3.63, 3.8) is 0 Å². The largest absolute Gasteiger partial charge is 0.504 e. The molecule has 8 heteroatoms. The van der Waals surface area contributed by atoms with Crippen LogP contribution in [0.25, 0.3) is 22.1 Å². The summed E-state index contributed by atoms with van der Waals surface area (Å²) in [5.74, 6) is -0.242. The second kappa shape index (κ2) is 6.99. The molecule has 3 rings (SSSR count). The summed E-state index contributed by atoms with van der Waals surface area (Å²) in [7, 11) is 5.44. The third kappa shape index (κ3) is 2.84. The lowest BCUT2D eigenvalue weighted by atomic mass is 10.0. The maximum Gasteiger partial charge on any atom is 0.296 e.